The third kappa shape index (κ3) is 4.15. The number of benzene rings is 3. The summed E-state index contributed by atoms with van der Waals surface area (Å²) in [6, 6.07) is 18.2. The van der Waals surface area contributed by atoms with Crippen LogP contribution in [-0.2, 0) is 10.0 Å². The predicted octanol–water partition coefficient (Wildman–Crippen LogP) is 4.57. The number of aryl methyl sites for hydroxylation is 1. The van der Waals surface area contributed by atoms with Crippen molar-refractivity contribution in [2.24, 2.45) is 5.92 Å². The van der Waals surface area contributed by atoms with Crippen LogP contribution in [0.4, 0.5) is 0 Å². The molecule has 0 aliphatic carbocycles. The van der Waals surface area contributed by atoms with Crippen LogP contribution in [0.5, 0.6) is 5.75 Å². The summed E-state index contributed by atoms with van der Waals surface area (Å²) < 4.78 is 28.1. The quantitative estimate of drug-likeness (QED) is 0.655. The molecule has 3 rings (SSSR count). The van der Waals surface area contributed by atoms with Crippen molar-refractivity contribution >= 4 is 20.8 Å². The van der Waals surface area contributed by atoms with E-state index in [0.29, 0.717) is 0 Å². The number of aromatic hydroxyl groups is 1. The summed E-state index contributed by atoms with van der Waals surface area (Å²) in [4.78, 5) is 0.248. The molecular weight excluding hydrogens is 358 g/mol. The van der Waals surface area contributed by atoms with Gasteiger partial charge in [0.15, 0.2) is 0 Å². The first-order valence-corrected chi connectivity index (χ1v) is 10.5. The monoisotopic (exact) mass is 383 g/mol. The van der Waals surface area contributed by atoms with Gasteiger partial charge in [0.1, 0.15) is 5.75 Å². The van der Waals surface area contributed by atoms with Crippen LogP contribution in [0.3, 0.4) is 0 Å². The van der Waals surface area contributed by atoms with Crippen LogP contribution >= 0.6 is 0 Å². The Morgan fingerprint density at radius 1 is 0.963 bits per heavy atom. The third-order valence-corrected chi connectivity index (χ3v) is 6.39. The van der Waals surface area contributed by atoms with Crippen molar-refractivity contribution in [1.82, 2.24) is 4.72 Å². The molecule has 5 heteroatoms. The van der Waals surface area contributed by atoms with E-state index >= 15 is 0 Å². The highest BCUT2D eigenvalue weighted by molar-refractivity contribution is 7.89. The van der Waals surface area contributed by atoms with Gasteiger partial charge < -0.3 is 5.11 Å². The maximum absolute atomic E-state index is 12.7. The van der Waals surface area contributed by atoms with E-state index in [1.807, 2.05) is 51.1 Å². The highest BCUT2D eigenvalue weighted by atomic mass is 32.2. The number of nitrogens with one attached hydrogen (secondary N) is 1. The van der Waals surface area contributed by atoms with Gasteiger partial charge in [0.25, 0.3) is 0 Å². The number of phenolic OH excluding ortho intramolecular Hbond substituents is 1. The Hall–Kier alpha value is -2.37. The van der Waals surface area contributed by atoms with Crippen LogP contribution in [0.25, 0.3) is 10.8 Å². The summed E-state index contributed by atoms with van der Waals surface area (Å²) in [5.74, 6) is 0.181. The molecule has 0 heterocycles. The summed E-state index contributed by atoms with van der Waals surface area (Å²) in [6.45, 7) is 6.20. The fourth-order valence-electron chi connectivity index (χ4n) is 3.35. The normalized spacial score (nSPS) is 13.2. The van der Waals surface area contributed by atoms with Crippen molar-refractivity contribution in [3.05, 3.63) is 71.8 Å². The summed E-state index contributed by atoms with van der Waals surface area (Å²) >= 11 is 0. The van der Waals surface area contributed by atoms with Gasteiger partial charge in [-0.1, -0.05) is 61.9 Å². The summed E-state index contributed by atoms with van der Waals surface area (Å²) in [5.41, 5.74) is 1.80. The van der Waals surface area contributed by atoms with Gasteiger partial charge in [0, 0.05) is 18.0 Å². The van der Waals surface area contributed by atoms with Crippen molar-refractivity contribution < 1.29 is 13.5 Å². The summed E-state index contributed by atoms with van der Waals surface area (Å²) in [6.07, 6.45) is 0. The average molecular weight is 384 g/mol. The van der Waals surface area contributed by atoms with Crippen molar-refractivity contribution in [1.29, 1.82) is 0 Å². The lowest BCUT2D eigenvalue weighted by Gasteiger charge is -2.24. The van der Waals surface area contributed by atoms with E-state index < -0.39 is 10.0 Å². The molecule has 2 N–H and O–H groups in total. The van der Waals surface area contributed by atoms with Gasteiger partial charge in [-0.05, 0) is 41.8 Å². The minimum atomic E-state index is -3.61. The number of sulfonamides is 1. The fraction of sp³-hybridized carbons (Fsp3) is 0.273. The molecule has 0 saturated carbocycles. The molecule has 4 nitrogen and oxygen atoms in total. The predicted molar refractivity (Wildman–Crippen MR) is 110 cm³/mol. The van der Waals surface area contributed by atoms with Crippen LogP contribution in [0, 0.1) is 12.8 Å². The van der Waals surface area contributed by atoms with Crippen molar-refractivity contribution in [2.75, 3.05) is 6.54 Å². The smallest absolute Gasteiger partial charge is 0.240 e. The first-order valence-electron chi connectivity index (χ1n) is 9.06. The average Bonchev–Trinajstić information content (AvgIpc) is 2.63. The molecule has 0 bridgehead atoms. The zero-order valence-corrected chi connectivity index (χ0v) is 16.6. The summed E-state index contributed by atoms with van der Waals surface area (Å²) in [7, 11) is -3.61. The van der Waals surface area contributed by atoms with E-state index in [1.165, 1.54) is 0 Å². The molecule has 0 aliphatic heterocycles. The van der Waals surface area contributed by atoms with Gasteiger partial charge in [-0.2, -0.15) is 0 Å². The van der Waals surface area contributed by atoms with Gasteiger partial charge in [-0.3, -0.25) is 0 Å². The Balaban J connectivity index is 1.94. The van der Waals surface area contributed by atoms with E-state index in [1.54, 1.807) is 30.3 Å². The highest BCUT2D eigenvalue weighted by Crippen LogP contribution is 2.37. The Morgan fingerprint density at radius 2 is 1.63 bits per heavy atom. The van der Waals surface area contributed by atoms with Crippen LogP contribution in [0.15, 0.2) is 65.6 Å². The van der Waals surface area contributed by atoms with Gasteiger partial charge in [0.05, 0.1) is 4.90 Å². The standard InChI is InChI=1S/C22H25NO3S/c1-15(2)20(14-23-27(25,26)18-11-8-16(3)9-12-18)22-19-7-5-4-6-17(19)10-13-21(22)24/h4-13,15,20,23-24H,14H2,1-3H3/t20-/m1/s1. The van der Waals surface area contributed by atoms with Crippen LogP contribution in [0.2, 0.25) is 0 Å². The fourth-order valence-corrected chi connectivity index (χ4v) is 4.41. The largest absolute Gasteiger partial charge is 0.508 e. The van der Waals surface area contributed by atoms with Gasteiger partial charge in [0.2, 0.25) is 10.0 Å². The zero-order chi connectivity index (χ0) is 19.6. The molecule has 3 aromatic carbocycles. The SMILES string of the molecule is Cc1ccc(S(=O)(=O)NC[C@@H](c2c(O)ccc3ccccc23)C(C)C)cc1. The van der Waals surface area contributed by atoms with Gasteiger partial charge >= 0.3 is 0 Å². The molecule has 0 spiro atoms. The Bertz CT molecular complexity index is 1040. The van der Waals surface area contributed by atoms with E-state index in [-0.39, 0.29) is 29.0 Å². The van der Waals surface area contributed by atoms with Gasteiger partial charge in [-0.15, -0.1) is 0 Å². The third-order valence-electron chi connectivity index (χ3n) is 4.95. The molecular formula is C22H25NO3S. The second kappa shape index (κ2) is 7.71. The molecule has 0 aliphatic rings. The number of phenols is 1. The van der Waals surface area contributed by atoms with Gasteiger partial charge in [-0.25, -0.2) is 13.1 Å². The molecule has 0 aromatic heterocycles. The number of hydrogen-bond acceptors (Lipinski definition) is 3. The molecule has 3 aromatic rings. The second-order valence-electron chi connectivity index (χ2n) is 7.23. The van der Waals surface area contributed by atoms with Crippen molar-refractivity contribution in [3.8, 4) is 5.75 Å². The first kappa shape index (κ1) is 19.4. The lowest BCUT2D eigenvalue weighted by atomic mass is 9.85. The second-order valence-corrected chi connectivity index (χ2v) is 9.00. The first-order chi connectivity index (χ1) is 12.8. The zero-order valence-electron chi connectivity index (χ0n) is 15.8. The molecule has 0 radical (unpaired) electrons. The summed E-state index contributed by atoms with van der Waals surface area (Å²) in [5, 5.41) is 12.5. The van der Waals surface area contributed by atoms with E-state index in [0.717, 1.165) is 21.9 Å². The van der Waals surface area contributed by atoms with E-state index in [9.17, 15) is 13.5 Å². The van der Waals surface area contributed by atoms with Crippen LogP contribution < -0.4 is 4.72 Å². The Kier molecular flexibility index (Phi) is 5.53. The minimum Gasteiger partial charge on any atom is -0.508 e. The maximum Gasteiger partial charge on any atom is 0.240 e. The minimum absolute atomic E-state index is 0.141. The molecule has 142 valence electrons. The maximum atomic E-state index is 12.7. The number of rotatable bonds is 6. The Morgan fingerprint density at radius 3 is 2.30 bits per heavy atom. The lowest BCUT2D eigenvalue weighted by molar-refractivity contribution is 0.434. The van der Waals surface area contributed by atoms with Crippen molar-refractivity contribution in [3.63, 3.8) is 0 Å². The Labute approximate surface area is 160 Å². The molecule has 0 saturated heterocycles. The van der Waals surface area contributed by atoms with E-state index in [2.05, 4.69) is 4.72 Å². The molecule has 0 fully saturated rings. The number of fused-ring (bicyclic) bond motifs is 1. The highest BCUT2D eigenvalue weighted by Gasteiger charge is 2.24. The van der Waals surface area contributed by atoms with Crippen LogP contribution in [0.1, 0.15) is 30.9 Å². The lowest BCUT2D eigenvalue weighted by Crippen LogP contribution is -2.30. The van der Waals surface area contributed by atoms with E-state index in [4.69, 9.17) is 0 Å². The molecule has 27 heavy (non-hydrogen) atoms. The van der Waals surface area contributed by atoms with Crippen molar-refractivity contribution in [2.45, 2.75) is 31.6 Å². The molecule has 0 amide bonds. The number of hydrogen-bond donors (Lipinski definition) is 2. The molecule has 0 unspecified atom stereocenters. The topological polar surface area (TPSA) is 66.4 Å². The van der Waals surface area contributed by atoms with Crippen LogP contribution in [-0.4, -0.2) is 20.1 Å². The molecule has 1 atom stereocenters.